The molecule has 0 aliphatic heterocycles. The molecule has 1 fully saturated rings. The van der Waals surface area contributed by atoms with Crippen LogP contribution in [0, 0.1) is 5.92 Å². The zero-order chi connectivity index (χ0) is 11.4. The van der Waals surface area contributed by atoms with E-state index >= 15 is 0 Å². The van der Waals surface area contributed by atoms with E-state index in [0.717, 1.165) is 13.0 Å². The summed E-state index contributed by atoms with van der Waals surface area (Å²) in [7, 11) is 0. The van der Waals surface area contributed by atoms with Crippen molar-refractivity contribution < 1.29 is 4.74 Å². The van der Waals surface area contributed by atoms with Crippen LogP contribution in [-0.2, 0) is 11.2 Å². The Morgan fingerprint density at radius 3 is 2.69 bits per heavy atom. The minimum absolute atomic E-state index is 0.106. The molecule has 2 unspecified atom stereocenters. The molecule has 1 saturated carbocycles. The smallest absolute Gasteiger partial charge is 0.0757 e. The normalized spacial score (nSPS) is 19.4. The van der Waals surface area contributed by atoms with E-state index in [1.54, 1.807) is 0 Å². The highest BCUT2D eigenvalue weighted by Crippen LogP contribution is 2.36. The molecular weight excluding hydrogens is 200 g/mol. The van der Waals surface area contributed by atoms with Gasteiger partial charge in [-0.2, -0.15) is 0 Å². The predicted octanol–water partition coefficient (Wildman–Crippen LogP) is 1.77. The molecule has 1 aliphatic rings. The van der Waals surface area contributed by atoms with E-state index in [1.807, 2.05) is 31.5 Å². The van der Waals surface area contributed by atoms with Gasteiger partial charge in [-0.1, -0.05) is 0 Å². The molecule has 1 aliphatic carbocycles. The summed E-state index contributed by atoms with van der Waals surface area (Å²) in [6.07, 6.45) is 7.29. The third-order valence-corrected chi connectivity index (χ3v) is 3.09. The second kappa shape index (κ2) is 5.41. The van der Waals surface area contributed by atoms with E-state index in [4.69, 9.17) is 10.5 Å². The third-order valence-electron chi connectivity index (χ3n) is 3.09. The van der Waals surface area contributed by atoms with Crippen molar-refractivity contribution in [2.45, 2.75) is 38.3 Å². The summed E-state index contributed by atoms with van der Waals surface area (Å²) in [6.45, 7) is 2.79. The van der Waals surface area contributed by atoms with Crippen LogP contribution in [0.2, 0.25) is 0 Å². The van der Waals surface area contributed by atoms with Gasteiger partial charge in [0.1, 0.15) is 0 Å². The maximum absolute atomic E-state index is 6.23. The van der Waals surface area contributed by atoms with Gasteiger partial charge >= 0.3 is 0 Å². The number of ether oxygens (including phenoxy) is 1. The van der Waals surface area contributed by atoms with Gasteiger partial charge in [0.2, 0.25) is 0 Å². The molecule has 1 aromatic rings. The largest absolute Gasteiger partial charge is 0.377 e. The number of hydrogen-bond donors (Lipinski definition) is 1. The fourth-order valence-electron chi connectivity index (χ4n) is 2.13. The molecule has 1 aromatic heterocycles. The van der Waals surface area contributed by atoms with Crippen LogP contribution < -0.4 is 5.73 Å². The molecule has 88 valence electrons. The zero-order valence-electron chi connectivity index (χ0n) is 9.80. The molecule has 0 amide bonds. The summed E-state index contributed by atoms with van der Waals surface area (Å²) in [5.74, 6) is 0.691. The van der Waals surface area contributed by atoms with Crippen molar-refractivity contribution in [2.75, 3.05) is 6.61 Å². The Morgan fingerprint density at radius 1 is 1.44 bits per heavy atom. The number of nitrogens with zero attached hydrogens (tertiary/aromatic N) is 1. The monoisotopic (exact) mass is 220 g/mol. The Bertz CT molecular complexity index is 311. The van der Waals surface area contributed by atoms with Crippen molar-refractivity contribution in [3.63, 3.8) is 0 Å². The van der Waals surface area contributed by atoms with Gasteiger partial charge in [0, 0.05) is 25.0 Å². The molecule has 0 aromatic carbocycles. The lowest BCUT2D eigenvalue weighted by atomic mass is 10.00. The zero-order valence-corrected chi connectivity index (χ0v) is 9.80. The lowest BCUT2D eigenvalue weighted by Gasteiger charge is -2.23. The highest BCUT2D eigenvalue weighted by Gasteiger charge is 2.35. The molecule has 16 heavy (non-hydrogen) atoms. The van der Waals surface area contributed by atoms with E-state index in [1.165, 1.54) is 18.4 Å². The lowest BCUT2D eigenvalue weighted by molar-refractivity contribution is 0.0288. The summed E-state index contributed by atoms with van der Waals surface area (Å²) < 4.78 is 5.76. The van der Waals surface area contributed by atoms with Crippen LogP contribution in [0.1, 0.15) is 25.3 Å². The van der Waals surface area contributed by atoms with Gasteiger partial charge in [0.25, 0.3) is 0 Å². The maximum Gasteiger partial charge on any atom is 0.0757 e. The number of hydrogen-bond acceptors (Lipinski definition) is 3. The molecule has 2 rings (SSSR count). The van der Waals surface area contributed by atoms with Gasteiger partial charge < -0.3 is 10.5 Å². The van der Waals surface area contributed by atoms with Gasteiger partial charge in [0.15, 0.2) is 0 Å². The first-order valence-corrected chi connectivity index (χ1v) is 6.07. The minimum atomic E-state index is 0.106. The van der Waals surface area contributed by atoms with E-state index < -0.39 is 0 Å². The van der Waals surface area contributed by atoms with Crippen LogP contribution >= 0.6 is 0 Å². The molecular formula is C13H20N2O. The van der Waals surface area contributed by atoms with Crippen molar-refractivity contribution in [3.8, 4) is 0 Å². The second-order valence-corrected chi connectivity index (χ2v) is 4.48. The first-order chi connectivity index (χ1) is 7.81. The maximum atomic E-state index is 6.23. The van der Waals surface area contributed by atoms with Crippen molar-refractivity contribution >= 4 is 0 Å². The van der Waals surface area contributed by atoms with Crippen molar-refractivity contribution in [2.24, 2.45) is 11.7 Å². The van der Waals surface area contributed by atoms with Crippen LogP contribution in [0.4, 0.5) is 0 Å². The van der Waals surface area contributed by atoms with E-state index in [2.05, 4.69) is 4.98 Å². The first kappa shape index (κ1) is 11.6. The Morgan fingerprint density at radius 2 is 2.12 bits per heavy atom. The van der Waals surface area contributed by atoms with Gasteiger partial charge in [-0.15, -0.1) is 0 Å². The van der Waals surface area contributed by atoms with Crippen molar-refractivity contribution in [1.29, 1.82) is 0 Å². The predicted molar refractivity (Wildman–Crippen MR) is 64.1 cm³/mol. The van der Waals surface area contributed by atoms with Crippen molar-refractivity contribution in [3.05, 3.63) is 30.1 Å². The standard InChI is InChI=1S/C13H20N2O/c1-2-16-13(11-3-4-11)12(14)9-10-5-7-15-8-6-10/h5-8,11-13H,2-4,9,14H2,1H3. The molecule has 3 heteroatoms. The average Bonchev–Trinajstić information content (AvgIpc) is 3.11. The fourth-order valence-corrected chi connectivity index (χ4v) is 2.13. The Kier molecular flexibility index (Phi) is 3.91. The summed E-state index contributed by atoms with van der Waals surface area (Å²) in [6, 6.07) is 4.15. The number of nitrogens with two attached hydrogens (primary N) is 1. The third kappa shape index (κ3) is 3.03. The molecule has 0 saturated heterocycles. The number of pyridine rings is 1. The SMILES string of the molecule is CCOC(C(N)Cc1ccncc1)C1CC1. The Balaban J connectivity index is 1.92. The topological polar surface area (TPSA) is 48.1 Å². The van der Waals surface area contributed by atoms with Gasteiger partial charge in [0.05, 0.1) is 6.10 Å². The van der Waals surface area contributed by atoms with Crippen LogP contribution in [-0.4, -0.2) is 23.7 Å². The quantitative estimate of drug-likeness (QED) is 0.794. The molecule has 1 heterocycles. The molecule has 3 nitrogen and oxygen atoms in total. The average molecular weight is 220 g/mol. The number of aromatic nitrogens is 1. The minimum Gasteiger partial charge on any atom is -0.377 e. The van der Waals surface area contributed by atoms with E-state index in [-0.39, 0.29) is 12.1 Å². The van der Waals surface area contributed by atoms with Crippen LogP contribution in [0.15, 0.2) is 24.5 Å². The summed E-state index contributed by atoms with van der Waals surface area (Å²) in [5, 5.41) is 0. The van der Waals surface area contributed by atoms with E-state index in [9.17, 15) is 0 Å². The summed E-state index contributed by atoms with van der Waals surface area (Å²) in [4.78, 5) is 4.01. The Hall–Kier alpha value is -0.930. The Labute approximate surface area is 97.0 Å². The molecule has 2 N–H and O–H groups in total. The first-order valence-electron chi connectivity index (χ1n) is 6.07. The molecule has 0 spiro atoms. The number of rotatable bonds is 6. The van der Waals surface area contributed by atoms with Gasteiger partial charge in [-0.05, 0) is 49.8 Å². The molecule has 0 radical (unpaired) electrons. The van der Waals surface area contributed by atoms with Gasteiger partial charge in [-0.25, -0.2) is 0 Å². The lowest BCUT2D eigenvalue weighted by Crippen LogP contribution is -2.40. The van der Waals surface area contributed by atoms with Crippen molar-refractivity contribution in [1.82, 2.24) is 4.98 Å². The summed E-state index contributed by atoms with van der Waals surface area (Å²) in [5.41, 5.74) is 7.47. The van der Waals surface area contributed by atoms with Gasteiger partial charge in [-0.3, -0.25) is 4.98 Å². The van der Waals surface area contributed by atoms with Crippen LogP contribution in [0.25, 0.3) is 0 Å². The highest BCUT2D eigenvalue weighted by molar-refractivity contribution is 5.12. The van der Waals surface area contributed by atoms with Crippen LogP contribution in [0.3, 0.4) is 0 Å². The molecule has 0 bridgehead atoms. The fraction of sp³-hybridized carbons (Fsp3) is 0.615. The molecule has 2 atom stereocenters. The highest BCUT2D eigenvalue weighted by atomic mass is 16.5. The summed E-state index contributed by atoms with van der Waals surface area (Å²) >= 11 is 0. The van der Waals surface area contributed by atoms with Crippen LogP contribution in [0.5, 0.6) is 0 Å². The second-order valence-electron chi connectivity index (χ2n) is 4.48. The van der Waals surface area contributed by atoms with E-state index in [0.29, 0.717) is 5.92 Å².